The second kappa shape index (κ2) is 8.05. The quantitative estimate of drug-likeness (QED) is 0.815. The van der Waals surface area contributed by atoms with E-state index < -0.39 is 12.0 Å². The Morgan fingerprint density at radius 3 is 2.44 bits per heavy atom. The van der Waals surface area contributed by atoms with Crippen LogP contribution in [0.5, 0.6) is 5.75 Å². The van der Waals surface area contributed by atoms with Gasteiger partial charge in [-0.25, -0.2) is 4.98 Å². The van der Waals surface area contributed by atoms with Crippen molar-refractivity contribution in [2.75, 3.05) is 39.0 Å². The molecule has 1 fully saturated rings. The molecule has 1 unspecified atom stereocenters. The molecular weight excluding hydrogens is 348 g/mol. The molecule has 8 heteroatoms. The predicted octanol–water partition coefficient (Wildman–Crippen LogP) is 1.26. The number of anilines is 1. The number of nitrogens with two attached hydrogens (primary N) is 1. The molecule has 1 aliphatic rings. The summed E-state index contributed by atoms with van der Waals surface area (Å²) in [6, 6.07) is 9.53. The summed E-state index contributed by atoms with van der Waals surface area (Å²) in [5.74, 6) is -0.199. The fraction of sp³-hybridized carbons (Fsp3) is 0.316. The number of para-hydroxylation sites is 1. The number of hydrogen-bond acceptors (Lipinski definition) is 6. The number of aliphatic carboxylic acids is 1. The smallest absolute Gasteiger partial charge is 0.325 e. The highest BCUT2D eigenvalue weighted by molar-refractivity contribution is 5.97. The lowest BCUT2D eigenvalue weighted by Crippen LogP contribution is -2.51. The van der Waals surface area contributed by atoms with Crippen LogP contribution in [0.25, 0.3) is 0 Å². The van der Waals surface area contributed by atoms with Crippen LogP contribution in [0.1, 0.15) is 22.0 Å². The first kappa shape index (κ1) is 18.7. The van der Waals surface area contributed by atoms with E-state index in [1.807, 2.05) is 11.0 Å². The Morgan fingerprint density at radius 2 is 1.85 bits per heavy atom. The first-order valence-electron chi connectivity index (χ1n) is 8.62. The maximum atomic E-state index is 12.8. The Kier molecular flexibility index (Phi) is 5.56. The molecule has 0 saturated carbocycles. The van der Waals surface area contributed by atoms with Gasteiger partial charge in [-0.1, -0.05) is 18.2 Å². The van der Waals surface area contributed by atoms with Gasteiger partial charge in [0, 0.05) is 32.4 Å². The molecule has 0 aliphatic carbocycles. The maximum absolute atomic E-state index is 12.8. The van der Waals surface area contributed by atoms with Crippen LogP contribution in [0.2, 0.25) is 0 Å². The minimum Gasteiger partial charge on any atom is -0.496 e. The van der Waals surface area contributed by atoms with Gasteiger partial charge in [0.15, 0.2) is 0 Å². The number of nitrogen functional groups attached to an aromatic ring is 1. The molecular formula is C19H22N4O4. The Balaban J connectivity index is 1.71. The Bertz CT molecular complexity index is 817. The molecule has 0 bridgehead atoms. The van der Waals surface area contributed by atoms with Gasteiger partial charge in [0.2, 0.25) is 0 Å². The molecule has 1 aromatic carbocycles. The molecule has 1 aromatic heterocycles. The summed E-state index contributed by atoms with van der Waals surface area (Å²) in [6.07, 6.45) is 1.49. The molecule has 8 nitrogen and oxygen atoms in total. The van der Waals surface area contributed by atoms with Crippen LogP contribution in [0.3, 0.4) is 0 Å². The summed E-state index contributed by atoms with van der Waals surface area (Å²) in [5.41, 5.74) is 6.66. The van der Waals surface area contributed by atoms with Crippen molar-refractivity contribution >= 4 is 17.7 Å². The second-order valence-electron chi connectivity index (χ2n) is 6.29. The molecule has 0 radical (unpaired) electrons. The highest BCUT2D eigenvalue weighted by Crippen LogP contribution is 2.24. The third-order valence-electron chi connectivity index (χ3n) is 4.66. The minimum atomic E-state index is -0.953. The van der Waals surface area contributed by atoms with E-state index in [4.69, 9.17) is 10.5 Å². The van der Waals surface area contributed by atoms with Crippen molar-refractivity contribution in [1.29, 1.82) is 0 Å². The van der Waals surface area contributed by atoms with Gasteiger partial charge in [-0.3, -0.25) is 14.5 Å². The average molecular weight is 370 g/mol. The monoisotopic (exact) mass is 370 g/mol. The number of methoxy groups -OCH3 is 1. The van der Waals surface area contributed by atoms with Crippen LogP contribution in [-0.2, 0) is 4.79 Å². The lowest BCUT2D eigenvalue weighted by Gasteiger charge is -2.37. The van der Waals surface area contributed by atoms with E-state index in [0.717, 1.165) is 0 Å². The van der Waals surface area contributed by atoms with E-state index in [-0.39, 0.29) is 5.91 Å². The zero-order chi connectivity index (χ0) is 19.4. The fourth-order valence-electron chi connectivity index (χ4n) is 3.26. The van der Waals surface area contributed by atoms with Gasteiger partial charge in [0.1, 0.15) is 17.6 Å². The number of carboxylic acid groups (broad SMARTS) is 1. The molecule has 3 N–H and O–H groups in total. The highest BCUT2D eigenvalue weighted by atomic mass is 16.5. The third kappa shape index (κ3) is 4.01. The number of rotatable bonds is 5. The van der Waals surface area contributed by atoms with Crippen molar-refractivity contribution in [3.05, 3.63) is 53.7 Å². The molecule has 3 rings (SSSR count). The number of piperazine rings is 1. The van der Waals surface area contributed by atoms with Gasteiger partial charge in [0.25, 0.3) is 5.91 Å². The molecule has 2 aromatic rings. The van der Waals surface area contributed by atoms with Crippen LogP contribution in [0, 0.1) is 0 Å². The number of aromatic nitrogens is 1. The number of nitrogens with zero attached hydrogens (tertiary/aromatic N) is 3. The number of ether oxygens (including phenoxy) is 1. The number of hydrogen-bond donors (Lipinski definition) is 2. The van der Waals surface area contributed by atoms with Crippen LogP contribution in [-0.4, -0.2) is 65.1 Å². The first-order valence-corrected chi connectivity index (χ1v) is 8.62. The summed E-state index contributed by atoms with van der Waals surface area (Å²) in [7, 11) is 1.53. The number of carboxylic acids is 1. The molecule has 142 valence electrons. The summed E-state index contributed by atoms with van der Waals surface area (Å²) in [5, 5.41) is 9.67. The zero-order valence-corrected chi connectivity index (χ0v) is 15.0. The van der Waals surface area contributed by atoms with E-state index in [1.54, 1.807) is 35.2 Å². The van der Waals surface area contributed by atoms with Gasteiger partial charge in [-0.2, -0.15) is 0 Å². The summed E-state index contributed by atoms with van der Waals surface area (Å²) in [4.78, 5) is 32.1. The van der Waals surface area contributed by atoms with Crippen LogP contribution >= 0.6 is 0 Å². The van der Waals surface area contributed by atoms with Gasteiger partial charge < -0.3 is 20.5 Å². The van der Waals surface area contributed by atoms with E-state index in [1.165, 1.54) is 13.3 Å². The first-order chi connectivity index (χ1) is 13.0. The largest absolute Gasteiger partial charge is 0.496 e. The zero-order valence-electron chi connectivity index (χ0n) is 15.0. The van der Waals surface area contributed by atoms with Crippen LogP contribution in [0.15, 0.2) is 42.6 Å². The lowest BCUT2D eigenvalue weighted by atomic mass is 10.1. The third-order valence-corrected chi connectivity index (χ3v) is 4.66. The number of amides is 1. The van der Waals surface area contributed by atoms with Gasteiger partial charge in [0.05, 0.1) is 12.7 Å². The second-order valence-corrected chi connectivity index (χ2v) is 6.29. The highest BCUT2D eigenvalue weighted by Gasteiger charge is 2.32. The van der Waals surface area contributed by atoms with Crippen molar-refractivity contribution in [3.63, 3.8) is 0 Å². The molecule has 0 spiro atoms. The maximum Gasteiger partial charge on any atom is 0.325 e. The Labute approximate surface area is 157 Å². The van der Waals surface area contributed by atoms with E-state index in [0.29, 0.717) is 48.9 Å². The van der Waals surface area contributed by atoms with E-state index in [2.05, 4.69) is 4.98 Å². The number of carbonyl (C=O) groups is 2. The molecule has 1 amide bonds. The topological polar surface area (TPSA) is 109 Å². The van der Waals surface area contributed by atoms with Gasteiger partial charge in [-0.05, 0) is 23.8 Å². The lowest BCUT2D eigenvalue weighted by molar-refractivity contribution is -0.144. The molecule has 27 heavy (non-hydrogen) atoms. The number of carbonyl (C=O) groups excluding carboxylic acids is 1. The van der Waals surface area contributed by atoms with Crippen molar-refractivity contribution in [2.45, 2.75) is 6.04 Å². The molecule has 1 saturated heterocycles. The minimum absolute atomic E-state index is 0.117. The normalized spacial score (nSPS) is 16.0. The van der Waals surface area contributed by atoms with Crippen molar-refractivity contribution < 1.29 is 19.4 Å². The standard InChI is InChI=1S/C19H22N4O4/c1-27-15-5-3-2-4-14(15)18(24)23-10-8-22(9-11-23)17(19(25)26)13-6-7-16(20)21-12-13/h2-7,12,17H,8-11H2,1H3,(H2,20,21)(H,25,26). The van der Waals surface area contributed by atoms with Crippen molar-refractivity contribution in [2.24, 2.45) is 0 Å². The number of benzene rings is 1. The average Bonchev–Trinajstić information content (AvgIpc) is 2.69. The fourth-order valence-corrected chi connectivity index (χ4v) is 3.26. The molecule has 1 atom stereocenters. The molecule has 1 aliphatic heterocycles. The Hall–Kier alpha value is -3.13. The van der Waals surface area contributed by atoms with E-state index >= 15 is 0 Å². The Morgan fingerprint density at radius 1 is 1.15 bits per heavy atom. The number of pyridine rings is 1. The summed E-state index contributed by atoms with van der Waals surface area (Å²) in [6.45, 7) is 1.76. The summed E-state index contributed by atoms with van der Waals surface area (Å²) < 4.78 is 5.26. The molecule has 2 heterocycles. The predicted molar refractivity (Wildman–Crippen MR) is 99.5 cm³/mol. The van der Waals surface area contributed by atoms with Crippen molar-refractivity contribution in [1.82, 2.24) is 14.8 Å². The van der Waals surface area contributed by atoms with E-state index in [9.17, 15) is 14.7 Å². The SMILES string of the molecule is COc1ccccc1C(=O)N1CCN(C(C(=O)O)c2ccc(N)nc2)CC1. The van der Waals surface area contributed by atoms with Gasteiger partial charge >= 0.3 is 5.97 Å². The van der Waals surface area contributed by atoms with Crippen LogP contribution in [0.4, 0.5) is 5.82 Å². The summed E-state index contributed by atoms with van der Waals surface area (Å²) >= 11 is 0. The van der Waals surface area contributed by atoms with Crippen molar-refractivity contribution in [3.8, 4) is 5.75 Å². The van der Waals surface area contributed by atoms with Crippen LogP contribution < -0.4 is 10.5 Å². The van der Waals surface area contributed by atoms with Gasteiger partial charge in [-0.15, -0.1) is 0 Å².